The number of nitrogens with zero attached hydrogens (tertiary/aromatic N) is 4. The van der Waals surface area contributed by atoms with Crippen molar-refractivity contribution in [3.05, 3.63) is 51.2 Å². The van der Waals surface area contributed by atoms with Gasteiger partial charge in [-0.05, 0) is 12.1 Å². The van der Waals surface area contributed by atoms with Crippen molar-refractivity contribution in [2.75, 3.05) is 0 Å². The minimum absolute atomic E-state index is 0.0234. The van der Waals surface area contributed by atoms with Gasteiger partial charge in [-0.25, -0.2) is 9.78 Å². The molecule has 3 rings (SSSR count). The van der Waals surface area contributed by atoms with Crippen LogP contribution >= 0.6 is 0 Å². The highest BCUT2D eigenvalue weighted by molar-refractivity contribution is 5.94. The van der Waals surface area contributed by atoms with Gasteiger partial charge in [0, 0.05) is 20.3 Å². The molecular weight excluding hydrogens is 274 g/mol. The number of hydrogen-bond acceptors (Lipinski definition) is 4. The van der Waals surface area contributed by atoms with Gasteiger partial charge in [0.05, 0.1) is 18.6 Å². The minimum Gasteiger partial charge on any atom is -0.359 e. The van der Waals surface area contributed by atoms with E-state index in [0.717, 1.165) is 4.57 Å². The number of aryl methyl sites for hydroxylation is 1. The number of aromatic amines is 1. The van der Waals surface area contributed by atoms with E-state index >= 15 is 0 Å². The average Bonchev–Trinajstić information content (AvgIpc) is 3.12. The number of Topliss-reactive ketones (excluding diaryl/α,β-unsaturated/α-hetero) is 1. The minimum atomic E-state index is -0.468. The van der Waals surface area contributed by atoms with Crippen LogP contribution in [0.1, 0.15) is 10.5 Å². The van der Waals surface area contributed by atoms with E-state index in [2.05, 4.69) is 9.97 Å². The summed E-state index contributed by atoms with van der Waals surface area (Å²) in [4.78, 5) is 43.0. The third-order valence-electron chi connectivity index (χ3n) is 3.43. The summed E-state index contributed by atoms with van der Waals surface area (Å²) >= 11 is 0. The van der Waals surface area contributed by atoms with Crippen LogP contribution in [0.25, 0.3) is 11.2 Å². The molecule has 0 aliphatic rings. The topological polar surface area (TPSA) is 94.7 Å². The van der Waals surface area contributed by atoms with E-state index in [1.807, 2.05) is 0 Å². The first kappa shape index (κ1) is 13.1. The van der Waals surface area contributed by atoms with E-state index in [1.54, 1.807) is 18.3 Å². The van der Waals surface area contributed by atoms with Gasteiger partial charge in [-0.15, -0.1) is 0 Å². The maximum Gasteiger partial charge on any atom is 0.332 e. The van der Waals surface area contributed by atoms with Gasteiger partial charge < -0.3 is 9.55 Å². The van der Waals surface area contributed by atoms with Crippen molar-refractivity contribution >= 4 is 16.9 Å². The fraction of sp³-hybridized carbons (Fsp3) is 0.231. The normalized spacial score (nSPS) is 11.1. The summed E-state index contributed by atoms with van der Waals surface area (Å²) in [5.41, 5.74) is 0.0405. The summed E-state index contributed by atoms with van der Waals surface area (Å²) in [6, 6.07) is 3.39. The van der Waals surface area contributed by atoms with E-state index in [-0.39, 0.29) is 23.5 Å². The first-order valence-electron chi connectivity index (χ1n) is 6.28. The zero-order valence-corrected chi connectivity index (χ0v) is 11.5. The van der Waals surface area contributed by atoms with Crippen LogP contribution in [0.3, 0.4) is 0 Å². The van der Waals surface area contributed by atoms with Gasteiger partial charge in [0.15, 0.2) is 16.9 Å². The zero-order chi connectivity index (χ0) is 15.1. The van der Waals surface area contributed by atoms with Crippen LogP contribution in [0.5, 0.6) is 0 Å². The predicted octanol–water partition coefficient (Wildman–Crippen LogP) is -0.355. The smallest absolute Gasteiger partial charge is 0.332 e. The van der Waals surface area contributed by atoms with Gasteiger partial charge in [-0.1, -0.05) is 0 Å². The van der Waals surface area contributed by atoms with Crippen LogP contribution in [0.15, 0.2) is 34.2 Å². The highest BCUT2D eigenvalue weighted by Crippen LogP contribution is 2.07. The molecule has 21 heavy (non-hydrogen) atoms. The molecule has 0 radical (unpaired) electrons. The van der Waals surface area contributed by atoms with Gasteiger partial charge in [-0.3, -0.25) is 18.7 Å². The van der Waals surface area contributed by atoms with Crippen molar-refractivity contribution in [2.24, 2.45) is 14.1 Å². The Morgan fingerprint density at radius 1 is 1.29 bits per heavy atom. The fourth-order valence-corrected chi connectivity index (χ4v) is 2.26. The first-order valence-corrected chi connectivity index (χ1v) is 6.28. The molecule has 0 aliphatic carbocycles. The Bertz CT molecular complexity index is 943. The number of fused-ring (bicyclic) bond motifs is 1. The molecule has 3 aromatic rings. The van der Waals surface area contributed by atoms with E-state index < -0.39 is 11.2 Å². The summed E-state index contributed by atoms with van der Waals surface area (Å²) in [5, 5.41) is 0. The highest BCUT2D eigenvalue weighted by atomic mass is 16.2. The molecular formula is C13H13N5O3. The molecule has 8 heteroatoms. The lowest BCUT2D eigenvalue weighted by molar-refractivity contribution is 0.0969. The number of aromatic nitrogens is 5. The van der Waals surface area contributed by atoms with Crippen molar-refractivity contribution in [3.63, 3.8) is 0 Å². The Kier molecular flexibility index (Phi) is 2.86. The second-order valence-corrected chi connectivity index (χ2v) is 4.76. The van der Waals surface area contributed by atoms with Gasteiger partial charge in [-0.2, -0.15) is 0 Å². The molecule has 0 amide bonds. The van der Waals surface area contributed by atoms with E-state index in [0.29, 0.717) is 5.69 Å². The summed E-state index contributed by atoms with van der Waals surface area (Å²) in [6.45, 7) is -0.0234. The molecule has 0 aromatic carbocycles. The number of ketones is 1. The van der Waals surface area contributed by atoms with Crippen molar-refractivity contribution in [1.82, 2.24) is 23.7 Å². The SMILES string of the molecule is Cn1c(=O)c2c(ncn2CC(=O)c2ccc[nH]2)n(C)c1=O. The largest absolute Gasteiger partial charge is 0.359 e. The highest BCUT2D eigenvalue weighted by Gasteiger charge is 2.16. The number of carbonyl (C=O) groups excluding carboxylic acids is 1. The van der Waals surface area contributed by atoms with Gasteiger partial charge in [0.1, 0.15) is 0 Å². The van der Waals surface area contributed by atoms with E-state index in [4.69, 9.17) is 0 Å². The molecule has 0 unspecified atom stereocenters. The lowest BCUT2D eigenvalue weighted by Crippen LogP contribution is -2.37. The van der Waals surface area contributed by atoms with Crippen molar-refractivity contribution < 1.29 is 4.79 Å². The Balaban J connectivity index is 2.15. The molecule has 3 aromatic heterocycles. The summed E-state index contributed by atoms with van der Waals surface area (Å²) in [6.07, 6.45) is 3.05. The average molecular weight is 287 g/mol. The number of H-pyrrole nitrogens is 1. The molecule has 0 spiro atoms. The molecule has 0 fully saturated rings. The molecule has 0 bridgehead atoms. The van der Waals surface area contributed by atoms with E-state index in [9.17, 15) is 14.4 Å². The van der Waals surface area contributed by atoms with Gasteiger partial charge >= 0.3 is 5.69 Å². The Morgan fingerprint density at radius 2 is 2.05 bits per heavy atom. The van der Waals surface area contributed by atoms with Crippen LogP contribution in [0, 0.1) is 0 Å². The Hall–Kier alpha value is -2.90. The third kappa shape index (κ3) is 1.92. The van der Waals surface area contributed by atoms with E-state index in [1.165, 1.54) is 29.6 Å². The number of carbonyl (C=O) groups is 1. The molecule has 0 saturated heterocycles. The molecule has 108 valence electrons. The Morgan fingerprint density at radius 3 is 2.71 bits per heavy atom. The van der Waals surface area contributed by atoms with Crippen LogP contribution in [0.4, 0.5) is 0 Å². The van der Waals surface area contributed by atoms with Crippen molar-refractivity contribution in [3.8, 4) is 0 Å². The van der Waals surface area contributed by atoms with Crippen molar-refractivity contribution in [2.45, 2.75) is 6.54 Å². The summed E-state index contributed by atoms with van der Waals surface area (Å²) in [7, 11) is 2.93. The number of nitrogens with one attached hydrogen (secondary N) is 1. The van der Waals surface area contributed by atoms with Crippen LogP contribution in [0.2, 0.25) is 0 Å². The lowest BCUT2D eigenvalue weighted by Gasteiger charge is -2.05. The lowest BCUT2D eigenvalue weighted by atomic mass is 10.3. The molecule has 0 saturated carbocycles. The quantitative estimate of drug-likeness (QED) is 0.666. The monoisotopic (exact) mass is 287 g/mol. The Labute approximate surface area is 118 Å². The second kappa shape index (κ2) is 4.58. The van der Waals surface area contributed by atoms with Gasteiger partial charge in [0.25, 0.3) is 5.56 Å². The number of imidazole rings is 1. The summed E-state index contributed by atoms with van der Waals surface area (Å²) in [5.74, 6) is -0.171. The predicted molar refractivity (Wildman–Crippen MR) is 75.3 cm³/mol. The third-order valence-corrected chi connectivity index (χ3v) is 3.43. The van der Waals surface area contributed by atoms with Crippen LogP contribution < -0.4 is 11.2 Å². The zero-order valence-electron chi connectivity index (χ0n) is 11.5. The van der Waals surface area contributed by atoms with Crippen LogP contribution in [-0.4, -0.2) is 29.5 Å². The van der Waals surface area contributed by atoms with Gasteiger partial charge in [0.2, 0.25) is 0 Å². The standard InChI is InChI=1S/C13H13N5O3/c1-16-11-10(12(20)17(2)13(16)21)18(7-15-11)6-9(19)8-4-3-5-14-8/h3-5,7,14H,6H2,1-2H3. The number of rotatable bonds is 3. The summed E-state index contributed by atoms with van der Waals surface area (Å²) < 4.78 is 3.74. The molecule has 0 atom stereocenters. The van der Waals surface area contributed by atoms with Crippen LogP contribution in [-0.2, 0) is 20.6 Å². The van der Waals surface area contributed by atoms with Crippen molar-refractivity contribution in [1.29, 1.82) is 0 Å². The number of hydrogen-bond donors (Lipinski definition) is 1. The fourth-order valence-electron chi connectivity index (χ4n) is 2.26. The molecule has 3 heterocycles. The maximum absolute atomic E-state index is 12.2. The molecule has 8 nitrogen and oxygen atoms in total. The maximum atomic E-state index is 12.2. The first-order chi connectivity index (χ1) is 10.0. The second-order valence-electron chi connectivity index (χ2n) is 4.76. The molecule has 0 aliphatic heterocycles. The molecule has 1 N–H and O–H groups in total.